The second-order valence-corrected chi connectivity index (χ2v) is 6.70. The number of hydrogen-bond acceptors (Lipinski definition) is 4. The van der Waals surface area contributed by atoms with Crippen molar-refractivity contribution in [3.05, 3.63) is 0 Å². The molecular weight excluding hydrogens is 248 g/mol. The van der Waals surface area contributed by atoms with Crippen LogP contribution in [0.3, 0.4) is 0 Å². The van der Waals surface area contributed by atoms with Crippen LogP contribution in [-0.2, 0) is 9.53 Å². The fraction of sp³-hybridized carbons (Fsp3) is 0.846. The lowest BCUT2D eigenvalue weighted by atomic mass is 9.92. The molecule has 19 heavy (non-hydrogen) atoms. The summed E-state index contributed by atoms with van der Waals surface area (Å²) in [6.45, 7) is 6.56. The predicted octanol–water partition coefficient (Wildman–Crippen LogP) is 1.05. The Bertz CT molecular complexity index is 417. The monoisotopic (exact) mass is 270 g/mol. The number of ether oxygens (including phenoxy) is 1. The fourth-order valence-corrected chi connectivity index (χ4v) is 3.10. The number of aliphatic carboxylic acids is 1. The van der Waals surface area contributed by atoms with Crippen LogP contribution in [0.4, 0.5) is 4.79 Å². The van der Waals surface area contributed by atoms with Gasteiger partial charge in [-0.1, -0.05) is 0 Å². The van der Waals surface area contributed by atoms with Gasteiger partial charge >= 0.3 is 12.1 Å². The van der Waals surface area contributed by atoms with E-state index in [9.17, 15) is 14.7 Å². The summed E-state index contributed by atoms with van der Waals surface area (Å²) in [4.78, 5) is 24.9. The van der Waals surface area contributed by atoms with E-state index >= 15 is 0 Å². The highest BCUT2D eigenvalue weighted by atomic mass is 16.6. The van der Waals surface area contributed by atoms with Gasteiger partial charge in [0, 0.05) is 25.0 Å². The highest BCUT2D eigenvalue weighted by molar-refractivity contribution is 5.81. The lowest BCUT2D eigenvalue weighted by Gasteiger charge is -2.25. The van der Waals surface area contributed by atoms with Crippen LogP contribution in [0, 0.1) is 10.8 Å². The minimum Gasteiger partial charge on any atom is -0.481 e. The van der Waals surface area contributed by atoms with E-state index in [0.29, 0.717) is 25.9 Å². The molecule has 108 valence electrons. The lowest BCUT2D eigenvalue weighted by molar-refractivity contribution is -0.144. The van der Waals surface area contributed by atoms with Crippen molar-refractivity contribution in [1.82, 2.24) is 4.90 Å². The average Bonchev–Trinajstić information content (AvgIpc) is 2.68. The molecule has 0 aromatic heterocycles. The lowest BCUT2D eigenvalue weighted by Crippen LogP contribution is -2.37. The van der Waals surface area contributed by atoms with Crippen LogP contribution in [0.1, 0.15) is 33.6 Å². The quantitative estimate of drug-likeness (QED) is 0.782. The number of amides is 1. The molecule has 1 amide bonds. The van der Waals surface area contributed by atoms with Gasteiger partial charge in [-0.25, -0.2) is 4.79 Å². The second-order valence-electron chi connectivity index (χ2n) is 6.70. The third-order valence-electron chi connectivity index (χ3n) is 4.29. The summed E-state index contributed by atoms with van der Waals surface area (Å²) in [6, 6.07) is 0. The van der Waals surface area contributed by atoms with Crippen molar-refractivity contribution in [2.24, 2.45) is 16.6 Å². The van der Waals surface area contributed by atoms with Crippen molar-refractivity contribution < 1.29 is 19.4 Å². The third-order valence-corrected chi connectivity index (χ3v) is 4.29. The van der Waals surface area contributed by atoms with E-state index in [1.54, 1.807) is 4.90 Å². The van der Waals surface area contributed by atoms with Crippen molar-refractivity contribution in [2.75, 3.05) is 19.6 Å². The molecule has 1 saturated carbocycles. The topological polar surface area (TPSA) is 92.9 Å². The van der Waals surface area contributed by atoms with Gasteiger partial charge in [-0.2, -0.15) is 0 Å². The molecule has 0 aromatic carbocycles. The Morgan fingerprint density at radius 3 is 2.47 bits per heavy atom. The van der Waals surface area contributed by atoms with E-state index in [1.165, 1.54) is 0 Å². The van der Waals surface area contributed by atoms with Gasteiger partial charge in [0.1, 0.15) is 5.60 Å². The number of carboxylic acid groups (broad SMARTS) is 1. The van der Waals surface area contributed by atoms with Crippen LogP contribution in [-0.4, -0.2) is 47.3 Å². The summed E-state index contributed by atoms with van der Waals surface area (Å²) in [7, 11) is 0. The molecule has 1 saturated heterocycles. The van der Waals surface area contributed by atoms with Crippen molar-refractivity contribution in [3.8, 4) is 0 Å². The Morgan fingerprint density at radius 1 is 1.42 bits per heavy atom. The van der Waals surface area contributed by atoms with Crippen LogP contribution in [0.25, 0.3) is 0 Å². The SMILES string of the molecule is CC(C)(C)OC(=O)N1CC[C@]2(C1)C[C@@]2(CN)C(=O)O. The van der Waals surface area contributed by atoms with Gasteiger partial charge in [0.2, 0.25) is 0 Å². The highest BCUT2D eigenvalue weighted by Crippen LogP contribution is 2.67. The van der Waals surface area contributed by atoms with Gasteiger partial charge in [0.25, 0.3) is 0 Å². The van der Waals surface area contributed by atoms with E-state index < -0.39 is 17.0 Å². The summed E-state index contributed by atoms with van der Waals surface area (Å²) in [5.74, 6) is -0.846. The Morgan fingerprint density at radius 2 is 2.05 bits per heavy atom. The molecule has 2 aliphatic rings. The summed E-state index contributed by atoms with van der Waals surface area (Å²) >= 11 is 0. The van der Waals surface area contributed by atoms with Crippen molar-refractivity contribution in [2.45, 2.75) is 39.2 Å². The Labute approximate surface area is 112 Å². The van der Waals surface area contributed by atoms with E-state index in [1.807, 2.05) is 20.8 Å². The largest absolute Gasteiger partial charge is 0.481 e. The number of carbonyl (C=O) groups is 2. The second kappa shape index (κ2) is 4.10. The molecule has 0 bridgehead atoms. The van der Waals surface area contributed by atoms with E-state index in [-0.39, 0.29) is 18.1 Å². The Hall–Kier alpha value is -1.30. The number of carbonyl (C=O) groups excluding carboxylic acids is 1. The first kappa shape index (κ1) is 14.1. The molecule has 0 radical (unpaired) electrons. The first-order valence-corrected chi connectivity index (χ1v) is 6.57. The van der Waals surface area contributed by atoms with E-state index in [0.717, 1.165) is 0 Å². The minimum atomic E-state index is -0.846. The van der Waals surface area contributed by atoms with Crippen molar-refractivity contribution in [1.29, 1.82) is 0 Å². The third kappa shape index (κ3) is 2.18. The van der Waals surface area contributed by atoms with Crippen LogP contribution in [0.15, 0.2) is 0 Å². The van der Waals surface area contributed by atoms with Crippen molar-refractivity contribution >= 4 is 12.1 Å². The Balaban J connectivity index is 2.02. The molecule has 1 heterocycles. The van der Waals surface area contributed by atoms with Gasteiger partial charge in [0.05, 0.1) is 5.41 Å². The van der Waals surface area contributed by atoms with Gasteiger partial charge in [-0.15, -0.1) is 0 Å². The molecule has 2 atom stereocenters. The maximum Gasteiger partial charge on any atom is 0.410 e. The van der Waals surface area contributed by atoms with E-state index in [4.69, 9.17) is 10.5 Å². The number of likely N-dealkylation sites (tertiary alicyclic amines) is 1. The molecule has 2 fully saturated rings. The van der Waals surface area contributed by atoms with Gasteiger partial charge in [0.15, 0.2) is 0 Å². The maximum absolute atomic E-state index is 12.0. The van der Waals surface area contributed by atoms with Gasteiger partial charge < -0.3 is 20.5 Å². The smallest absolute Gasteiger partial charge is 0.410 e. The molecule has 2 rings (SSSR count). The predicted molar refractivity (Wildman–Crippen MR) is 68.6 cm³/mol. The molecule has 6 heteroatoms. The number of nitrogens with two attached hydrogens (primary N) is 1. The average molecular weight is 270 g/mol. The summed E-state index contributed by atoms with van der Waals surface area (Å²) in [6.07, 6.45) is 0.883. The summed E-state index contributed by atoms with van der Waals surface area (Å²) in [5.41, 5.74) is 3.91. The molecular formula is C13H22N2O4. The van der Waals surface area contributed by atoms with Crippen LogP contribution in [0.2, 0.25) is 0 Å². The number of carboxylic acids is 1. The summed E-state index contributed by atoms with van der Waals surface area (Å²) in [5, 5.41) is 9.33. The summed E-state index contributed by atoms with van der Waals surface area (Å²) < 4.78 is 5.31. The first-order chi connectivity index (χ1) is 8.66. The number of nitrogens with zero attached hydrogens (tertiary/aromatic N) is 1. The van der Waals surface area contributed by atoms with Crippen LogP contribution in [0.5, 0.6) is 0 Å². The molecule has 0 unspecified atom stereocenters. The molecule has 3 N–H and O–H groups in total. The minimum absolute atomic E-state index is 0.129. The molecule has 1 aliphatic carbocycles. The Kier molecular flexibility index (Phi) is 3.04. The molecule has 1 aliphatic heterocycles. The van der Waals surface area contributed by atoms with Crippen LogP contribution < -0.4 is 5.73 Å². The zero-order chi connectivity index (χ0) is 14.5. The highest BCUT2D eigenvalue weighted by Gasteiger charge is 2.73. The normalized spacial score (nSPS) is 33.6. The number of rotatable bonds is 2. The van der Waals surface area contributed by atoms with Gasteiger partial charge in [-0.05, 0) is 33.6 Å². The van der Waals surface area contributed by atoms with Crippen molar-refractivity contribution in [3.63, 3.8) is 0 Å². The zero-order valence-electron chi connectivity index (χ0n) is 11.7. The van der Waals surface area contributed by atoms with Gasteiger partial charge in [-0.3, -0.25) is 4.79 Å². The zero-order valence-corrected chi connectivity index (χ0v) is 11.7. The fourth-order valence-electron chi connectivity index (χ4n) is 3.10. The molecule has 0 aromatic rings. The van der Waals surface area contributed by atoms with Crippen LogP contribution >= 0.6 is 0 Å². The molecule has 6 nitrogen and oxygen atoms in total. The first-order valence-electron chi connectivity index (χ1n) is 6.57. The molecule has 1 spiro atoms. The van der Waals surface area contributed by atoms with E-state index in [2.05, 4.69) is 0 Å². The standard InChI is InChI=1S/C13H22N2O4/c1-11(2,3)19-10(18)15-5-4-12(8-15)6-13(12,7-14)9(16)17/h4-8,14H2,1-3H3,(H,16,17)/t12-,13-/m1/s1. The maximum atomic E-state index is 12.0. The number of hydrogen-bond donors (Lipinski definition) is 2.